The lowest BCUT2D eigenvalue weighted by Crippen LogP contribution is -2.18. The zero-order valence-electron chi connectivity index (χ0n) is 11.3. The van der Waals surface area contributed by atoms with Crippen molar-refractivity contribution < 1.29 is 13.5 Å². The molecule has 1 rings (SSSR count). The van der Waals surface area contributed by atoms with Crippen molar-refractivity contribution in [3.63, 3.8) is 0 Å². The van der Waals surface area contributed by atoms with E-state index in [2.05, 4.69) is 4.72 Å². The van der Waals surface area contributed by atoms with E-state index in [0.717, 1.165) is 0 Å². The van der Waals surface area contributed by atoms with Crippen molar-refractivity contribution in [1.29, 1.82) is 0 Å². The highest BCUT2D eigenvalue weighted by atomic mass is 32.2. The number of phenolic OH excluding ortho intramolecular Hbond substituents is 1. The molecule has 2 N–H and O–H groups in total. The zero-order valence-corrected chi connectivity index (χ0v) is 12.1. The molecule has 0 spiro atoms. The predicted molar refractivity (Wildman–Crippen MR) is 74.4 cm³/mol. The SMILES string of the molecule is Cc1cc(NS(=O)(=O)CCC(C)C)c(C)cc1O. The van der Waals surface area contributed by atoms with Gasteiger partial charge in [-0.2, -0.15) is 0 Å². The largest absolute Gasteiger partial charge is 0.508 e. The Morgan fingerprint density at radius 2 is 1.83 bits per heavy atom. The summed E-state index contributed by atoms with van der Waals surface area (Å²) in [5.41, 5.74) is 1.91. The van der Waals surface area contributed by atoms with E-state index in [0.29, 0.717) is 29.2 Å². The van der Waals surface area contributed by atoms with Crippen LogP contribution < -0.4 is 4.72 Å². The quantitative estimate of drug-likeness (QED) is 0.809. The minimum Gasteiger partial charge on any atom is -0.508 e. The lowest BCUT2D eigenvalue weighted by Gasteiger charge is -2.13. The number of benzene rings is 1. The van der Waals surface area contributed by atoms with Crippen molar-refractivity contribution >= 4 is 15.7 Å². The molecule has 1 aromatic rings. The molecule has 0 aliphatic carbocycles. The molecule has 0 saturated heterocycles. The first kappa shape index (κ1) is 14.8. The second-order valence-corrected chi connectivity index (χ2v) is 6.90. The summed E-state index contributed by atoms with van der Waals surface area (Å²) in [7, 11) is -3.31. The van der Waals surface area contributed by atoms with E-state index >= 15 is 0 Å². The summed E-state index contributed by atoms with van der Waals surface area (Å²) < 4.78 is 26.3. The maximum Gasteiger partial charge on any atom is 0.232 e. The van der Waals surface area contributed by atoms with Gasteiger partial charge in [-0.15, -0.1) is 0 Å². The molecule has 0 aliphatic heterocycles. The van der Waals surface area contributed by atoms with E-state index in [1.807, 2.05) is 13.8 Å². The van der Waals surface area contributed by atoms with Crippen molar-refractivity contribution in [2.75, 3.05) is 10.5 Å². The van der Waals surface area contributed by atoms with Crippen LogP contribution in [0.25, 0.3) is 0 Å². The third-order valence-electron chi connectivity index (χ3n) is 2.77. The fourth-order valence-corrected chi connectivity index (χ4v) is 2.96. The Kier molecular flexibility index (Phi) is 4.62. The van der Waals surface area contributed by atoms with Gasteiger partial charge in [0, 0.05) is 0 Å². The molecule has 1 aromatic carbocycles. The van der Waals surface area contributed by atoms with Crippen LogP contribution in [0.15, 0.2) is 12.1 Å². The first-order chi connectivity index (χ1) is 8.21. The molecule has 18 heavy (non-hydrogen) atoms. The molecule has 0 unspecified atom stereocenters. The third-order valence-corrected chi connectivity index (χ3v) is 4.08. The fraction of sp³-hybridized carbons (Fsp3) is 0.538. The smallest absolute Gasteiger partial charge is 0.232 e. The van der Waals surface area contributed by atoms with Crippen molar-refractivity contribution in [3.8, 4) is 5.75 Å². The summed E-state index contributed by atoms with van der Waals surface area (Å²) in [5, 5.41) is 9.52. The lowest BCUT2D eigenvalue weighted by molar-refractivity contribution is 0.471. The molecule has 102 valence electrons. The van der Waals surface area contributed by atoms with Crippen molar-refractivity contribution in [1.82, 2.24) is 0 Å². The van der Waals surface area contributed by atoms with Crippen LogP contribution in [0.3, 0.4) is 0 Å². The highest BCUT2D eigenvalue weighted by molar-refractivity contribution is 7.92. The Hall–Kier alpha value is -1.23. The number of aryl methyl sites for hydroxylation is 2. The average molecular weight is 271 g/mol. The zero-order chi connectivity index (χ0) is 13.9. The summed E-state index contributed by atoms with van der Waals surface area (Å²) in [6.07, 6.45) is 0.630. The van der Waals surface area contributed by atoms with Gasteiger partial charge in [-0.25, -0.2) is 8.42 Å². The van der Waals surface area contributed by atoms with Crippen LogP contribution in [-0.2, 0) is 10.0 Å². The molecule has 0 radical (unpaired) electrons. The van der Waals surface area contributed by atoms with Gasteiger partial charge >= 0.3 is 0 Å². The first-order valence-corrected chi connectivity index (χ1v) is 7.67. The van der Waals surface area contributed by atoms with Crippen LogP contribution in [0.1, 0.15) is 31.4 Å². The summed E-state index contributed by atoms with van der Waals surface area (Å²) in [5.74, 6) is 0.645. The van der Waals surface area contributed by atoms with Crippen LogP contribution in [-0.4, -0.2) is 19.3 Å². The molecule has 5 heteroatoms. The molecule has 0 saturated carbocycles. The van der Waals surface area contributed by atoms with E-state index in [1.54, 1.807) is 26.0 Å². The highest BCUT2D eigenvalue weighted by Crippen LogP contribution is 2.25. The summed E-state index contributed by atoms with van der Waals surface area (Å²) in [6.45, 7) is 7.48. The van der Waals surface area contributed by atoms with Crippen molar-refractivity contribution in [3.05, 3.63) is 23.3 Å². The summed E-state index contributed by atoms with van der Waals surface area (Å²) >= 11 is 0. The standard InChI is InChI=1S/C13H21NO3S/c1-9(2)5-6-18(16,17)14-12-7-11(4)13(15)8-10(12)3/h7-9,14-15H,5-6H2,1-4H3. The lowest BCUT2D eigenvalue weighted by atomic mass is 10.1. The second kappa shape index (κ2) is 5.61. The normalized spacial score (nSPS) is 11.8. The van der Waals surface area contributed by atoms with Crippen LogP contribution in [0.5, 0.6) is 5.75 Å². The van der Waals surface area contributed by atoms with Gasteiger partial charge in [0.15, 0.2) is 0 Å². The average Bonchev–Trinajstić information content (AvgIpc) is 2.23. The maximum atomic E-state index is 11.9. The minimum absolute atomic E-state index is 0.115. The van der Waals surface area contributed by atoms with Crippen LogP contribution in [0.2, 0.25) is 0 Å². The van der Waals surface area contributed by atoms with Gasteiger partial charge in [-0.3, -0.25) is 4.72 Å². The molecule has 4 nitrogen and oxygen atoms in total. The maximum absolute atomic E-state index is 11.9. The number of hydrogen-bond acceptors (Lipinski definition) is 3. The van der Waals surface area contributed by atoms with Gasteiger partial charge in [0.1, 0.15) is 5.75 Å². The van der Waals surface area contributed by atoms with Crippen molar-refractivity contribution in [2.24, 2.45) is 5.92 Å². The Balaban J connectivity index is 2.87. The van der Waals surface area contributed by atoms with Gasteiger partial charge in [-0.05, 0) is 49.4 Å². The minimum atomic E-state index is -3.31. The second-order valence-electron chi connectivity index (χ2n) is 5.06. The van der Waals surface area contributed by atoms with Crippen molar-refractivity contribution in [2.45, 2.75) is 34.1 Å². The van der Waals surface area contributed by atoms with Crippen LogP contribution in [0, 0.1) is 19.8 Å². The van der Waals surface area contributed by atoms with Gasteiger partial charge < -0.3 is 5.11 Å². The molecule has 0 aliphatic rings. The topological polar surface area (TPSA) is 66.4 Å². The Morgan fingerprint density at radius 3 is 2.39 bits per heavy atom. The molecule has 0 bridgehead atoms. The number of phenols is 1. The summed E-state index contributed by atoms with van der Waals surface area (Å²) in [6, 6.07) is 3.22. The van der Waals surface area contributed by atoms with Gasteiger partial charge in [-0.1, -0.05) is 13.8 Å². The predicted octanol–water partition coefficient (Wildman–Crippen LogP) is 2.80. The van der Waals surface area contributed by atoms with E-state index in [9.17, 15) is 13.5 Å². The molecule has 0 fully saturated rings. The number of anilines is 1. The molecule has 0 amide bonds. The Morgan fingerprint density at radius 1 is 1.22 bits per heavy atom. The Bertz CT molecular complexity index is 521. The molecular weight excluding hydrogens is 250 g/mol. The third kappa shape index (κ3) is 4.22. The van der Waals surface area contributed by atoms with E-state index in [4.69, 9.17) is 0 Å². The Labute approximate surface area is 109 Å². The van der Waals surface area contributed by atoms with Gasteiger partial charge in [0.2, 0.25) is 10.0 Å². The molecular formula is C13H21NO3S. The van der Waals surface area contributed by atoms with E-state index < -0.39 is 10.0 Å². The number of sulfonamides is 1. The summed E-state index contributed by atoms with van der Waals surface area (Å²) in [4.78, 5) is 0. The van der Waals surface area contributed by atoms with Crippen LogP contribution in [0.4, 0.5) is 5.69 Å². The van der Waals surface area contributed by atoms with E-state index in [-0.39, 0.29) is 11.5 Å². The van der Waals surface area contributed by atoms with Crippen LogP contribution >= 0.6 is 0 Å². The monoisotopic (exact) mass is 271 g/mol. The van der Waals surface area contributed by atoms with Gasteiger partial charge in [0.25, 0.3) is 0 Å². The molecule has 0 atom stereocenters. The van der Waals surface area contributed by atoms with E-state index in [1.165, 1.54) is 0 Å². The van der Waals surface area contributed by atoms with Gasteiger partial charge in [0.05, 0.1) is 11.4 Å². The molecule has 0 aromatic heterocycles. The number of hydrogen-bond donors (Lipinski definition) is 2. The highest BCUT2D eigenvalue weighted by Gasteiger charge is 2.13. The number of aromatic hydroxyl groups is 1. The number of nitrogens with one attached hydrogen (secondary N) is 1. The first-order valence-electron chi connectivity index (χ1n) is 6.02. The fourth-order valence-electron chi connectivity index (χ4n) is 1.52. The molecule has 0 heterocycles. The number of rotatable bonds is 5.